The van der Waals surface area contributed by atoms with Crippen LogP contribution in [-0.4, -0.2) is 33.7 Å². The predicted molar refractivity (Wildman–Crippen MR) is 90.2 cm³/mol. The Hall–Kier alpha value is 1.49. The Bertz CT molecular complexity index is 250. The molecule has 98 valence electrons. The van der Waals surface area contributed by atoms with Crippen LogP contribution in [0.5, 0.6) is 0 Å². The van der Waals surface area contributed by atoms with Crippen molar-refractivity contribution in [2.75, 3.05) is 6.26 Å². The third kappa shape index (κ3) is 9.09. The molecule has 1 nitrogen and oxygen atoms in total. The van der Waals surface area contributed by atoms with E-state index in [4.69, 9.17) is 17.8 Å². The zero-order chi connectivity index (χ0) is 13.3. The first-order valence-corrected chi connectivity index (χ1v) is 16.8. The second kappa shape index (κ2) is 11.3. The van der Waals surface area contributed by atoms with Crippen molar-refractivity contribution in [3.05, 3.63) is 5.41 Å². The fourth-order valence-corrected chi connectivity index (χ4v) is 5.93. The zero-order valence-corrected chi connectivity index (χ0v) is 16.5. The Kier molecular flexibility index (Phi) is 12.3. The molecule has 1 aliphatic rings. The van der Waals surface area contributed by atoms with E-state index in [0.29, 0.717) is 5.71 Å². The van der Waals surface area contributed by atoms with Gasteiger partial charge in [0, 0.05) is 5.92 Å². The normalized spacial score (nSPS) is 18.6. The van der Waals surface area contributed by atoms with E-state index >= 15 is 0 Å². The van der Waals surface area contributed by atoms with Crippen LogP contribution in [0, 0.1) is 5.92 Å². The average molecular weight is 420 g/mol. The minimum Gasteiger partial charge on any atom is -0.811 e. The monoisotopic (exact) mass is 420 g/mol. The van der Waals surface area contributed by atoms with Crippen molar-refractivity contribution >= 4 is 69.2 Å². The van der Waals surface area contributed by atoms with E-state index in [1.54, 1.807) is 11.8 Å². The topological polar surface area (TPSA) is 22.3 Å². The van der Waals surface area contributed by atoms with E-state index in [2.05, 4.69) is 19.1 Å². The first-order valence-electron chi connectivity index (χ1n) is 5.84. The Morgan fingerprint density at radius 1 is 1.59 bits per heavy atom. The molecule has 1 fully saturated rings. The summed E-state index contributed by atoms with van der Waals surface area (Å²) in [5.74, 6) is 0.262. The number of hydrogen-bond acceptors (Lipinski definition) is 1. The van der Waals surface area contributed by atoms with Crippen LogP contribution in [0.4, 0.5) is 0 Å². The SMILES string of the molecule is CCC[CH2][Sn+]([Cl])[Cl].CSC(=[SH+])C1CCCC1=[N-]. The van der Waals surface area contributed by atoms with E-state index in [9.17, 15) is 5.41 Å². The van der Waals surface area contributed by atoms with Crippen LogP contribution < -0.4 is 0 Å². The fourth-order valence-electron chi connectivity index (χ4n) is 1.55. The van der Waals surface area contributed by atoms with Crippen molar-refractivity contribution in [2.24, 2.45) is 5.92 Å². The third-order valence-electron chi connectivity index (χ3n) is 2.55. The molecule has 0 heterocycles. The van der Waals surface area contributed by atoms with Crippen LogP contribution in [-0.2, 0) is 12.2 Å². The quantitative estimate of drug-likeness (QED) is 0.288. The van der Waals surface area contributed by atoms with Gasteiger partial charge in [0.25, 0.3) is 0 Å². The Labute approximate surface area is 129 Å². The maximum Gasteiger partial charge on any atom is 0.237 e. The molecule has 0 spiro atoms. The van der Waals surface area contributed by atoms with Gasteiger partial charge in [-0.1, -0.05) is 24.6 Å². The van der Waals surface area contributed by atoms with Crippen LogP contribution in [0.2, 0.25) is 4.44 Å². The zero-order valence-electron chi connectivity index (χ0n) is 10.4. The summed E-state index contributed by atoms with van der Waals surface area (Å²) in [6.07, 6.45) is 7.50. The van der Waals surface area contributed by atoms with Gasteiger partial charge >= 0.3 is 59.6 Å². The molecule has 0 saturated heterocycles. The molecule has 0 aromatic rings. The molecular weight excluding hydrogens is 400 g/mol. The van der Waals surface area contributed by atoms with Crippen molar-refractivity contribution in [3.63, 3.8) is 0 Å². The van der Waals surface area contributed by atoms with Gasteiger partial charge in [-0.3, -0.25) is 0 Å². The van der Waals surface area contributed by atoms with Crippen molar-refractivity contribution in [1.82, 2.24) is 0 Å². The van der Waals surface area contributed by atoms with Crippen LogP contribution in [0.3, 0.4) is 0 Å². The molecule has 0 aromatic heterocycles. The van der Waals surface area contributed by atoms with E-state index in [1.807, 2.05) is 6.26 Å². The molecule has 0 amide bonds. The number of thiol groups is 1. The molecule has 1 atom stereocenters. The largest absolute Gasteiger partial charge is 0.811 e. The Morgan fingerprint density at radius 2 is 2.24 bits per heavy atom. The van der Waals surface area contributed by atoms with Crippen LogP contribution in [0.25, 0.3) is 5.41 Å². The molecule has 0 aromatic carbocycles. The summed E-state index contributed by atoms with van der Waals surface area (Å²) in [6.45, 7) is 2.15. The summed E-state index contributed by atoms with van der Waals surface area (Å²) >= 11 is 4.21. The smallest absolute Gasteiger partial charge is 0.237 e. The molecule has 0 N–H and O–H groups in total. The summed E-state index contributed by atoms with van der Waals surface area (Å²) < 4.78 is 2.18. The predicted octanol–water partition coefficient (Wildman–Crippen LogP) is 4.32. The number of hydrogen-bond donors (Lipinski definition) is 0. The van der Waals surface area contributed by atoms with Gasteiger partial charge in [0.2, 0.25) is 4.20 Å². The minimum atomic E-state index is -1.70. The van der Waals surface area contributed by atoms with Crippen molar-refractivity contribution in [3.8, 4) is 0 Å². The number of thioether (sulfide) groups is 1. The molecule has 0 aliphatic heterocycles. The van der Waals surface area contributed by atoms with Gasteiger partial charge < -0.3 is 5.41 Å². The molecule has 1 rings (SSSR count). The second-order valence-corrected chi connectivity index (χ2v) is 16.3. The standard InChI is InChI=1S/C7H10NS2.C4H9.2ClH.Sn/c1-10-7(9)5-3-2-4-6(5)8;1-3-4-2;;;/h5H,2-4H2,1H3;1,3-4H2,2H3;2*1H;/q-1;;;;+3/p-1. The molecule has 1 unspecified atom stereocenters. The van der Waals surface area contributed by atoms with E-state index in [0.717, 1.165) is 27.9 Å². The summed E-state index contributed by atoms with van der Waals surface area (Å²) in [6, 6.07) is 0. The maximum atomic E-state index is 9.32. The molecular formula is C11H20Cl2NS2Sn+. The van der Waals surface area contributed by atoms with Crippen LogP contribution >= 0.6 is 29.6 Å². The van der Waals surface area contributed by atoms with Crippen molar-refractivity contribution < 1.29 is 0 Å². The van der Waals surface area contributed by atoms with Gasteiger partial charge in [0.05, 0.1) is 0 Å². The summed E-state index contributed by atoms with van der Waals surface area (Å²) in [5, 5.41) is 9.32. The van der Waals surface area contributed by atoms with Gasteiger partial charge in [0.15, 0.2) is 12.2 Å². The number of unbranched alkanes of at least 4 members (excludes halogenated alkanes) is 1. The second-order valence-electron chi connectivity index (χ2n) is 3.92. The number of halogens is 2. The van der Waals surface area contributed by atoms with E-state index < -0.39 is 17.5 Å². The van der Waals surface area contributed by atoms with E-state index in [-0.39, 0.29) is 5.92 Å². The van der Waals surface area contributed by atoms with Gasteiger partial charge in [-0.2, -0.15) is 5.71 Å². The Morgan fingerprint density at radius 3 is 2.53 bits per heavy atom. The molecule has 1 aliphatic carbocycles. The van der Waals surface area contributed by atoms with Gasteiger partial charge in [-0.05, 0) is 12.7 Å². The van der Waals surface area contributed by atoms with Gasteiger partial charge in [-0.15, -0.1) is 0 Å². The summed E-state index contributed by atoms with van der Waals surface area (Å²) in [5.41, 5.74) is 0.624. The molecule has 6 heteroatoms. The number of nitrogens with zero attached hydrogens (tertiary/aromatic N) is 1. The average Bonchev–Trinajstić information content (AvgIpc) is 2.72. The molecule has 0 bridgehead atoms. The first kappa shape index (κ1) is 18.5. The van der Waals surface area contributed by atoms with Gasteiger partial charge in [-0.25, -0.2) is 0 Å². The summed E-state index contributed by atoms with van der Waals surface area (Å²) in [4.78, 5) is 0. The van der Waals surface area contributed by atoms with Crippen molar-refractivity contribution in [2.45, 2.75) is 43.5 Å². The maximum absolute atomic E-state index is 9.32. The number of rotatable bonds is 4. The van der Waals surface area contributed by atoms with Crippen molar-refractivity contribution in [1.29, 1.82) is 0 Å². The molecule has 1 saturated carbocycles. The van der Waals surface area contributed by atoms with Crippen LogP contribution in [0.1, 0.15) is 39.0 Å². The molecule has 0 radical (unpaired) electrons. The first-order chi connectivity index (χ1) is 8.02. The Balaban J connectivity index is 0.000000325. The fraction of sp³-hybridized carbons (Fsp3) is 0.818. The van der Waals surface area contributed by atoms with Gasteiger partial charge in [0.1, 0.15) is 0 Å². The summed E-state index contributed by atoms with van der Waals surface area (Å²) in [7, 11) is 11.2. The van der Waals surface area contributed by atoms with E-state index in [1.165, 1.54) is 12.8 Å². The van der Waals surface area contributed by atoms with Crippen LogP contribution in [0.15, 0.2) is 0 Å². The molecule has 17 heavy (non-hydrogen) atoms. The third-order valence-corrected chi connectivity index (χ3v) is 8.74. The minimum absolute atomic E-state index is 0.262.